The molecular formula is C12H13N3O2S. The van der Waals surface area contributed by atoms with Crippen LogP contribution in [0.25, 0.3) is 5.65 Å². The first-order chi connectivity index (χ1) is 8.75. The molecule has 1 atom stereocenters. The lowest BCUT2D eigenvalue weighted by molar-refractivity contribution is 0.0697. The molecule has 0 radical (unpaired) electrons. The quantitative estimate of drug-likeness (QED) is 0.901. The lowest BCUT2D eigenvalue weighted by Crippen LogP contribution is -2.06. The van der Waals surface area contributed by atoms with Gasteiger partial charge in [-0.25, -0.2) is 4.79 Å². The molecule has 94 valence electrons. The Morgan fingerprint density at radius 3 is 3.06 bits per heavy atom. The highest BCUT2D eigenvalue weighted by Crippen LogP contribution is 2.37. The second-order valence-electron chi connectivity index (χ2n) is 4.36. The number of thioether (sulfide) groups is 1. The molecule has 6 heteroatoms. The molecule has 2 aromatic heterocycles. The van der Waals surface area contributed by atoms with Gasteiger partial charge in [-0.3, -0.25) is 4.40 Å². The SMILES string of the molecule is O=C(O)c1ccn2c(C3CCCCS3)nnc2c1. The van der Waals surface area contributed by atoms with E-state index in [1.165, 1.54) is 12.8 Å². The smallest absolute Gasteiger partial charge is 0.335 e. The van der Waals surface area contributed by atoms with Crippen molar-refractivity contribution < 1.29 is 9.90 Å². The summed E-state index contributed by atoms with van der Waals surface area (Å²) in [5, 5.41) is 17.6. The maximum atomic E-state index is 10.9. The van der Waals surface area contributed by atoms with Gasteiger partial charge < -0.3 is 5.11 Å². The normalized spacial score (nSPS) is 20.1. The van der Waals surface area contributed by atoms with Gasteiger partial charge in [-0.05, 0) is 30.7 Å². The van der Waals surface area contributed by atoms with E-state index in [-0.39, 0.29) is 5.56 Å². The molecule has 5 nitrogen and oxygen atoms in total. The van der Waals surface area contributed by atoms with Gasteiger partial charge in [0.15, 0.2) is 11.5 Å². The molecule has 0 aromatic carbocycles. The third kappa shape index (κ3) is 1.96. The number of hydrogen-bond acceptors (Lipinski definition) is 4. The Morgan fingerprint density at radius 1 is 1.44 bits per heavy atom. The molecule has 0 spiro atoms. The number of aromatic nitrogens is 3. The standard InChI is InChI=1S/C12H13N3O2S/c16-12(17)8-4-5-15-10(7-8)13-14-11(15)9-3-1-2-6-18-9/h4-5,7,9H,1-3,6H2,(H,16,17). The van der Waals surface area contributed by atoms with Gasteiger partial charge in [0.25, 0.3) is 0 Å². The molecule has 18 heavy (non-hydrogen) atoms. The van der Waals surface area contributed by atoms with Gasteiger partial charge in [-0.15, -0.1) is 10.2 Å². The first-order valence-corrected chi connectivity index (χ1v) is 7.00. The number of fused-ring (bicyclic) bond motifs is 1. The van der Waals surface area contributed by atoms with Crippen LogP contribution in [-0.4, -0.2) is 31.4 Å². The predicted octanol–water partition coefficient (Wildman–Crippen LogP) is 2.39. The summed E-state index contributed by atoms with van der Waals surface area (Å²) >= 11 is 1.91. The van der Waals surface area contributed by atoms with Crippen LogP contribution in [0.15, 0.2) is 18.3 Å². The van der Waals surface area contributed by atoms with Crippen molar-refractivity contribution in [2.24, 2.45) is 0 Å². The summed E-state index contributed by atoms with van der Waals surface area (Å²) in [5.41, 5.74) is 0.855. The van der Waals surface area contributed by atoms with Gasteiger partial charge in [0, 0.05) is 6.20 Å². The highest BCUT2D eigenvalue weighted by Gasteiger charge is 2.21. The lowest BCUT2D eigenvalue weighted by atomic mass is 10.2. The van der Waals surface area contributed by atoms with E-state index < -0.39 is 5.97 Å². The number of carboxylic acids is 1. The van der Waals surface area contributed by atoms with Crippen molar-refractivity contribution in [1.29, 1.82) is 0 Å². The minimum absolute atomic E-state index is 0.248. The van der Waals surface area contributed by atoms with Crippen LogP contribution in [0.5, 0.6) is 0 Å². The summed E-state index contributed by atoms with van der Waals surface area (Å²) in [5.74, 6) is 1.16. The fraction of sp³-hybridized carbons (Fsp3) is 0.417. The minimum atomic E-state index is -0.936. The number of hydrogen-bond donors (Lipinski definition) is 1. The molecule has 2 aromatic rings. The van der Waals surface area contributed by atoms with E-state index in [4.69, 9.17) is 5.11 Å². The molecule has 0 amide bonds. The Kier molecular flexibility index (Phi) is 2.95. The van der Waals surface area contributed by atoms with E-state index in [1.807, 2.05) is 16.2 Å². The zero-order valence-electron chi connectivity index (χ0n) is 9.74. The van der Waals surface area contributed by atoms with Crippen molar-refractivity contribution in [2.75, 3.05) is 5.75 Å². The van der Waals surface area contributed by atoms with Crippen LogP contribution in [0, 0.1) is 0 Å². The molecule has 1 fully saturated rings. The van der Waals surface area contributed by atoms with Crippen molar-refractivity contribution >= 4 is 23.4 Å². The van der Waals surface area contributed by atoms with Crippen LogP contribution in [0.3, 0.4) is 0 Å². The number of nitrogens with zero attached hydrogens (tertiary/aromatic N) is 3. The highest BCUT2D eigenvalue weighted by atomic mass is 32.2. The zero-order chi connectivity index (χ0) is 12.5. The largest absolute Gasteiger partial charge is 0.478 e. The third-order valence-corrected chi connectivity index (χ3v) is 4.52. The van der Waals surface area contributed by atoms with Crippen molar-refractivity contribution in [3.05, 3.63) is 29.7 Å². The summed E-state index contributed by atoms with van der Waals surface area (Å²) in [7, 11) is 0. The van der Waals surface area contributed by atoms with Crippen LogP contribution in [0.4, 0.5) is 0 Å². The van der Waals surface area contributed by atoms with Crippen molar-refractivity contribution in [3.8, 4) is 0 Å². The molecule has 1 saturated heterocycles. The summed E-state index contributed by atoms with van der Waals surface area (Å²) in [4.78, 5) is 10.9. The number of rotatable bonds is 2. The lowest BCUT2D eigenvalue weighted by Gasteiger charge is -2.19. The zero-order valence-corrected chi connectivity index (χ0v) is 10.6. The Balaban J connectivity index is 2.01. The first-order valence-electron chi connectivity index (χ1n) is 5.95. The minimum Gasteiger partial charge on any atom is -0.478 e. The van der Waals surface area contributed by atoms with Crippen molar-refractivity contribution in [1.82, 2.24) is 14.6 Å². The molecule has 1 aliphatic rings. The van der Waals surface area contributed by atoms with Crippen LogP contribution >= 0.6 is 11.8 Å². The van der Waals surface area contributed by atoms with Gasteiger partial charge in [0.05, 0.1) is 10.8 Å². The van der Waals surface area contributed by atoms with E-state index >= 15 is 0 Å². The van der Waals surface area contributed by atoms with E-state index in [2.05, 4.69) is 10.2 Å². The average Bonchev–Trinajstić information content (AvgIpc) is 2.82. The maximum Gasteiger partial charge on any atom is 0.335 e. The topological polar surface area (TPSA) is 67.5 Å². The molecule has 3 rings (SSSR count). The molecule has 0 aliphatic carbocycles. The first kappa shape index (κ1) is 11.5. The summed E-state index contributed by atoms with van der Waals surface area (Å²) in [6.45, 7) is 0. The van der Waals surface area contributed by atoms with Gasteiger partial charge in [0.2, 0.25) is 0 Å². The molecule has 1 unspecified atom stereocenters. The molecule has 0 saturated carbocycles. The van der Waals surface area contributed by atoms with Crippen molar-refractivity contribution in [3.63, 3.8) is 0 Å². The fourth-order valence-corrected chi connectivity index (χ4v) is 3.50. The van der Waals surface area contributed by atoms with E-state index in [0.717, 1.165) is 18.0 Å². The monoisotopic (exact) mass is 263 g/mol. The highest BCUT2D eigenvalue weighted by molar-refractivity contribution is 7.99. The number of carbonyl (C=O) groups is 1. The van der Waals surface area contributed by atoms with Crippen molar-refractivity contribution in [2.45, 2.75) is 24.5 Å². The van der Waals surface area contributed by atoms with Gasteiger partial charge in [-0.1, -0.05) is 6.42 Å². The van der Waals surface area contributed by atoms with Gasteiger partial charge >= 0.3 is 5.97 Å². The van der Waals surface area contributed by atoms with Crippen LogP contribution in [0.2, 0.25) is 0 Å². The van der Waals surface area contributed by atoms with E-state index in [1.54, 1.807) is 18.3 Å². The molecule has 1 N–H and O–H groups in total. The fourth-order valence-electron chi connectivity index (χ4n) is 2.21. The Labute approximate surface area is 108 Å². The maximum absolute atomic E-state index is 10.9. The third-order valence-electron chi connectivity index (χ3n) is 3.15. The average molecular weight is 263 g/mol. The van der Waals surface area contributed by atoms with Gasteiger partial charge in [-0.2, -0.15) is 11.8 Å². The molecule has 3 heterocycles. The van der Waals surface area contributed by atoms with Gasteiger partial charge in [0.1, 0.15) is 0 Å². The Bertz CT molecular complexity index is 590. The van der Waals surface area contributed by atoms with E-state index in [9.17, 15) is 4.79 Å². The summed E-state index contributed by atoms with van der Waals surface area (Å²) < 4.78 is 1.90. The molecule has 1 aliphatic heterocycles. The van der Waals surface area contributed by atoms with Crippen LogP contribution in [-0.2, 0) is 0 Å². The number of aromatic carboxylic acids is 1. The van der Waals surface area contributed by atoms with E-state index in [0.29, 0.717) is 10.9 Å². The Hall–Kier alpha value is -1.56. The summed E-state index contributed by atoms with van der Waals surface area (Å²) in [6, 6.07) is 3.15. The second-order valence-corrected chi connectivity index (χ2v) is 5.67. The van der Waals surface area contributed by atoms with Crippen LogP contribution in [0.1, 0.15) is 40.7 Å². The Morgan fingerprint density at radius 2 is 2.33 bits per heavy atom. The second kappa shape index (κ2) is 4.61. The predicted molar refractivity (Wildman–Crippen MR) is 69.0 cm³/mol. The molecular weight excluding hydrogens is 250 g/mol. The van der Waals surface area contributed by atoms with Crippen LogP contribution < -0.4 is 0 Å². The number of carboxylic acid groups (broad SMARTS) is 1. The molecule has 0 bridgehead atoms. The summed E-state index contributed by atoms with van der Waals surface area (Å²) in [6.07, 6.45) is 5.36. The number of pyridine rings is 1.